The van der Waals surface area contributed by atoms with Gasteiger partial charge in [-0.05, 0) is 24.6 Å². The largest absolute Gasteiger partial charge is 0.376 e. The van der Waals surface area contributed by atoms with Gasteiger partial charge in [-0.25, -0.2) is 4.98 Å². The molecule has 0 fully saturated rings. The van der Waals surface area contributed by atoms with E-state index in [4.69, 9.17) is 0 Å². The fourth-order valence-electron chi connectivity index (χ4n) is 1.51. The second-order valence-electron chi connectivity index (χ2n) is 3.68. The number of hydrogen-bond donors (Lipinski definition) is 2. The van der Waals surface area contributed by atoms with E-state index in [1.165, 1.54) is 0 Å². The lowest BCUT2D eigenvalue weighted by Crippen LogP contribution is -2.14. The van der Waals surface area contributed by atoms with E-state index >= 15 is 0 Å². The summed E-state index contributed by atoms with van der Waals surface area (Å²) in [6, 6.07) is 7.23. The van der Waals surface area contributed by atoms with E-state index in [1.54, 1.807) is 18.2 Å². The van der Waals surface area contributed by atoms with Crippen LogP contribution in [-0.4, -0.2) is 14.9 Å². The number of hydrogen-bond acceptors (Lipinski definition) is 5. The number of anilines is 2. The van der Waals surface area contributed by atoms with Crippen molar-refractivity contribution >= 4 is 17.2 Å². The molecule has 0 spiro atoms. The maximum absolute atomic E-state index is 11.4. The van der Waals surface area contributed by atoms with Gasteiger partial charge in [-0.15, -0.1) is 0 Å². The highest BCUT2D eigenvalue weighted by molar-refractivity contribution is 5.64. The monoisotopic (exact) mass is 246 g/mol. The molecule has 0 unspecified atom stereocenters. The van der Waals surface area contributed by atoms with Gasteiger partial charge in [0.05, 0.1) is 11.3 Å². The Balaban J connectivity index is 2.44. The van der Waals surface area contributed by atoms with Gasteiger partial charge in [0.2, 0.25) is 5.82 Å². The van der Waals surface area contributed by atoms with Crippen LogP contribution in [0.2, 0.25) is 0 Å². The van der Waals surface area contributed by atoms with Gasteiger partial charge in [0.15, 0.2) is 0 Å². The summed E-state index contributed by atoms with van der Waals surface area (Å²) in [6.07, 6.45) is 1.12. The predicted molar refractivity (Wildman–Crippen MR) is 66.0 cm³/mol. The molecular weight excluding hydrogens is 236 g/mol. The first-order valence-electron chi connectivity index (χ1n) is 5.13. The average molecular weight is 246 g/mol. The van der Waals surface area contributed by atoms with E-state index < -0.39 is 16.2 Å². The molecule has 0 saturated carbocycles. The van der Waals surface area contributed by atoms with Crippen LogP contribution in [0, 0.1) is 17.0 Å². The fourth-order valence-corrected chi connectivity index (χ4v) is 1.51. The van der Waals surface area contributed by atoms with Gasteiger partial charge in [0.25, 0.3) is 0 Å². The lowest BCUT2D eigenvalue weighted by Gasteiger charge is -2.05. The molecule has 7 heteroatoms. The van der Waals surface area contributed by atoms with Crippen LogP contribution in [0.4, 0.5) is 17.2 Å². The molecule has 92 valence electrons. The summed E-state index contributed by atoms with van der Waals surface area (Å²) in [7, 11) is 0. The zero-order chi connectivity index (χ0) is 13.1. The van der Waals surface area contributed by atoms with Crippen LogP contribution in [-0.2, 0) is 0 Å². The number of rotatable bonds is 3. The summed E-state index contributed by atoms with van der Waals surface area (Å²) in [6.45, 7) is 1.89. The third-order valence-electron chi connectivity index (χ3n) is 2.29. The fraction of sp³-hybridized carbons (Fsp3) is 0.0909. The summed E-state index contributed by atoms with van der Waals surface area (Å²) in [5, 5.41) is 13.6. The first-order valence-corrected chi connectivity index (χ1v) is 5.13. The number of nitro groups is 1. The minimum atomic E-state index is -0.787. The van der Waals surface area contributed by atoms with Gasteiger partial charge >= 0.3 is 11.2 Å². The van der Waals surface area contributed by atoms with E-state index in [1.807, 2.05) is 13.0 Å². The maximum Gasteiger partial charge on any atom is 0.376 e. The molecule has 1 heterocycles. The highest BCUT2D eigenvalue weighted by Gasteiger charge is 2.20. The molecule has 0 radical (unpaired) electrons. The number of aromatic amines is 1. The molecule has 0 aliphatic rings. The first-order chi connectivity index (χ1) is 8.58. The van der Waals surface area contributed by atoms with E-state index in [9.17, 15) is 14.9 Å². The van der Waals surface area contributed by atoms with Crippen molar-refractivity contribution in [3.63, 3.8) is 0 Å². The number of aromatic nitrogens is 2. The van der Waals surface area contributed by atoms with E-state index in [0.717, 1.165) is 11.9 Å². The highest BCUT2D eigenvalue weighted by atomic mass is 16.6. The molecule has 0 atom stereocenters. The minimum Gasteiger partial charge on any atom is -0.334 e. The molecule has 1 aromatic carbocycles. The third kappa shape index (κ3) is 2.34. The van der Waals surface area contributed by atoms with Crippen LogP contribution in [0.25, 0.3) is 0 Å². The summed E-state index contributed by atoms with van der Waals surface area (Å²) in [5.41, 5.74) is 0.243. The zero-order valence-electron chi connectivity index (χ0n) is 9.51. The summed E-state index contributed by atoms with van der Waals surface area (Å²) >= 11 is 0. The minimum absolute atomic E-state index is 0.0747. The van der Waals surface area contributed by atoms with Crippen LogP contribution in [0.3, 0.4) is 0 Å². The summed E-state index contributed by atoms with van der Waals surface area (Å²) < 4.78 is 0. The van der Waals surface area contributed by atoms with Crippen molar-refractivity contribution in [3.8, 4) is 0 Å². The zero-order valence-corrected chi connectivity index (χ0v) is 9.51. The summed E-state index contributed by atoms with van der Waals surface area (Å²) in [5.74, 6) is -0.0747. The van der Waals surface area contributed by atoms with E-state index in [0.29, 0.717) is 5.69 Å². The number of benzene rings is 1. The molecule has 0 aliphatic carbocycles. The van der Waals surface area contributed by atoms with Crippen LogP contribution in [0.1, 0.15) is 5.56 Å². The van der Waals surface area contributed by atoms with Gasteiger partial charge in [-0.2, -0.15) is 0 Å². The Kier molecular flexibility index (Phi) is 3.05. The van der Waals surface area contributed by atoms with Crippen molar-refractivity contribution in [2.24, 2.45) is 0 Å². The van der Waals surface area contributed by atoms with Crippen LogP contribution in [0.15, 0.2) is 35.4 Å². The maximum atomic E-state index is 11.4. The van der Waals surface area contributed by atoms with Crippen LogP contribution in [0.5, 0.6) is 0 Å². The average Bonchev–Trinajstić information content (AvgIpc) is 2.28. The smallest absolute Gasteiger partial charge is 0.334 e. The van der Waals surface area contributed by atoms with Gasteiger partial charge in [-0.1, -0.05) is 12.1 Å². The Hall–Kier alpha value is -2.70. The SMILES string of the molecule is Cc1cccc(Nc2nc[nH]c(=O)c2[N+](=O)[O-])c1. The first kappa shape index (κ1) is 11.8. The predicted octanol–water partition coefficient (Wildman–Crippen LogP) is 1.73. The lowest BCUT2D eigenvalue weighted by atomic mass is 10.2. The van der Waals surface area contributed by atoms with Crippen molar-refractivity contribution in [3.05, 3.63) is 56.6 Å². The number of nitrogens with zero attached hydrogens (tertiary/aromatic N) is 2. The topological polar surface area (TPSA) is 101 Å². The molecule has 0 bridgehead atoms. The molecule has 2 aromatic rings. The summed E-state index contributed by atoms with van der Waals surface area (Å²) in [4.78, 5) is 27.4. The van der Waals surface area contributed by atoms with Crippen molar-refractivity contribution in [2.45, 2.75) is 6.92 Å². The molecule has 2 N–H and O–H groups in total. The Morgan fingerprint density at radius 2 is 2.22 bits per heavy atom. The molecule has 7 nitrogen and oxygen atoms in total. The standard InChI is InChI=1S/C11H10N4O3/c1-7-3-2-4-8(5-7)14-10-9(15(17)18)11(16)13-6-12-10/h2-6H,1H3,(H2,12,13,14,16). The Labute approximate surface area is 102 Å². The van der Waals surface area contributed by atoms with Gasteiger partial charge in [-0.3, -0.25) is 14.9 Å². The Morgan fingerprint density at radius 3 is 2.89 bits per heavy atom. The van der Waals surface area contributed by atoms with Crippen molar-refractivity contribution in [2.75, 3.05) is 5.32 Å². The van der Waals surface area contributed by atoms with Gasteiger partial charge in [0, 0.05) is 5.69 Å². The van der Waals surface area contributed by atoms with Crippen molar-refractivity contribution in [1.82, 2.24) is 9.97 Å². The normalized spacial score (nSPS) is 10.1. The quantitative estimate of drug-likeness (QED) is 0.634. The number of nitrogens with one attached hydrogen (secondary N) is 2. The van der Waals surface area contributed by atoms with Crippen LogP contribution >= 0.6 is 0 Å². The molecule has 2 rings (SSSR count). The van der Waals surface area contributed by atoms with Crippen molar-refractivity contribution < 1.29 is 4.92 Å². The Morgan fingerprint density at radius 1 is 1.44 bits per heavy atom. The third-order valence-corrected chi connectivity index (χ3v) is 2.29. The number of H-pyrrole nitrogens is 1. The van der Waals surface area contributed by atoms with Crippen LogP contribution < -0.4 is 10.9 Å². The Bertz CT molecular complexity index is 651. The molecule has 0 aliphatic heterocycles. The number of aryl methyl sites for hydroxylation is 1. The highest BCUT2D eigenvalue weighted by Crippen LogP contribution is 2.21. The molecule has 0 amide bonds. The second-order valence-corrected chi connectivity index (χ2v) is 3.68. The van der Waals surface area contributed by atoms with E-state index in [-0.39, 0.29) is 5.82 Å². The molecular formula is C11H10N4O3. The van der Waals surface area contributed by atoms with E-state index in [2.05, 4.69) is 15.3 Å². The van der Waals surface area contributed by atoms with Gasteiger partial charge < -0.3 is 10.3 Å². The lowest BCUT2D eigenvalue weighted by molar-refractivity contribution is -0.385. The van der Waals surface area contributed by atoms with Crippen molar-refractivity contribution in [1.29, 1.82) is 0 Å². The van der Waals surface area contributed by atoms with Gasteiger partial charge in [0.1, 0.15) is 0 Å². The molecule has 0 saturated heterocycles. The second kappa shape index (κ2) is 4.66. The molecule has 18 heavy (non-hydrogen) atoms. The molecule has 1 aromatic heterocycles.